The monoisotopic (exact) mass is 212 g/mol. The van der Waals surface area contributed by atoms with Crippen LogP contribution in [0.2, 0.25) is 0 Å². The summed E-state index contributed by atoms with van der Waals surface area (Å²) in [4.78, 5) is 0. The van der Waals surface area contributed by atoms with E-state index in [1.54, 1.807) is 0 Å². The summed E-state index contributed by atoms with van der Waals surface area (Å²) < 4.78 is 0. The van der Waals surface area contributed by atoms with Crippen LogP contribution in [0.4, 0.5) is 0 Å². The van der Waals surface area contributed by atoms with E-state index >= 15 is 0 Å². The van der Waals surface area contributed by atoms with Gasteiger partial charge in [0.2, 0.25) is 0 Å². The zero-order valence-electron chi connectivity index (χ0n) is 10.7. The number of nitrogens with one attached hydrogen (secondary N) is 1. The Balaban J connectivity index is 2.57. The van der Waals surface area contributed by atoms with Gasteiger partial charge >= 0.3 is 0 Å². The van der Waals surface area contributed by atoms with E-state index in [9.17, 15) is 0 Å². The molecular formula is C13H28N2. The molecule has 1 fully saturated rings. The first-order chi connectivity index (χ1) is 7.14. The van der Waals surface area contributed by atoms with Crippen molar-refractivity contribution >= 4 is 0 Å². The highest BCUT2D eigenvalue weighted by molar-refractivity contribution is 4.97. The number of nitrogens with two attached hydrogens (primary N) is 1. The molecule has 0 heterocycles. The summed E-state index contributed by atoms with van der Waals surface area (Å²) in [6, 6.07) is 0.610. The van der Waals surface area contributed by atoms with Crippen LogP contribution in [0.3, 0.4) is 0 Å². The summed E-state index contributed by atoms with van der Waals surface area (Å²) >= 11 is 0. The fourth-order valence-electron chi connectivity index (χ4n) is 2.99. The molecule has 0 aliphatic heterocycles. The highest BCUT2D eigenvalue weighted by Crippen LogP contribution is 2.33. The lowest BCUT2D eigenvalue weighted by atomic mass is 9.73. The minimum absolute atomic E-state index is 0.229. The number of hydrogen-bond acceptors (Lipinski definition) is 2. The number of rotatable bonds is 5. The van der Waals surface area contributed by atoms with Gasteiger partial charge in [0.1, 0.15) is 0 Å². The Morgan fingerprint density at radius 2 is 2.20 bits per heavy atom. The van der Waals surface area contributed by atoms with E-state index in [1.807, 2.05) is 0 Å². The predicted octanol–water partition coefficient (Wildman–Crippen LogP) is 2.67. The fourth-order valence-corrected chi connectivity index (χ4v) is 2.99. The first kappa shape index (κ1) is 13.0. The lowest BCUT2D eigenvalue weighted by molar-refractivity contribution is 0.145. The van der Waals surface area contributed by atoms with Crippen LogP contribution in [0, 0.1) is 5.92 Å². The third-order valence-corrected chi connectivity index (χ3v) is 4.07. The zero-order valence-corrected chi connectivity index (χ0v) is 10.7. The highest BCUT2D eigenvalue weighted by Gasteiger charge is 2.37. The molecule has 1 aliphatic rings. The first-order valence-corrected chi connectivity index (χ1v) is 6.62. The molecule has 0 radical (unpaired) electrons. The average Bonchev–Trinajstić information content (AvgIpc) is 2.22. The van der Waals surface area contributed by atoms with Crippen molar-refractivity contribution in [3.63, 3.8) is 0 Å². The molecule has 3 unspecified atom stereocenters. The maximum Gasteiger partial charge on any atom is 0.0331 e. The third kappa shape index (κ3) is 3.18. The van der Waals surface area contributed by atoms with Gasteiger partial charge in [-0.05, 0) is 32.1 Å². The van der Waals surface area contributed by atoms with Gasteiger partial charge in [0.25, 0.3) is 0 Å². The predicted molar refractivity (Wildman–Crippen MR) is 66.9 cm³/mol. The van der Waals surface area contributed by atoms with E-state index in [0.29, 0.717) is 6.04 Å². The average molecular weight is 212 g/mol. The van der Waals surface area contributed by atoms with Crippen LogP contribution in [0.1, 0.15) is 59.3 Å². The summed E-state index contributed by atoms with van der Waals surface area (Å²) in [5, 5.41) is 3.81. The quantitative estimate of drug-likeness (QED) is 0.735. The van der Waals surface area contributed by atoms with E-state index < -0.39 is 0 Å². The second-order valence-electron chi connectivity index (χ2n) is 5.34. The Bertz CT molecular complexity index is 181. The van der Waals surface area contributed by atoms with Gasteiger partial charge in [0.15, 0.2) is 0 Å². The van der Waals surface area contributed by atoms with Gasteiger partial charge in [-0.3, -0.25) is 0 Å². The third-order valence-electron chi connectivity index (χ3n) is 4.07. The minimum atomic E-state index is 0.229. The zero-order chi connectivity index (χ0) is 11.3. The summed E-state index contributed by atoms with van der Waals surface area (Å²) in [5.74, 6) is 0.732. The van der Waals surface area contributed by atoms with Crippen molar-refractivity contribution in [2.24, 2.45) is 11.7 Å². The Labute approximate surface area is 95.0 Å². The van der Waals surface area contributed by atoms with Crippen molar-refractivity contribution < 1.29 is 0 Å². The van der Waals surface area contributed by atoms with Crippen molar-refractivity contribution in [1.29, 1.82) is 0 Å². The smallest absolute Gasteiger partial charge is 0.0331 e. The molecule has 0 amide bonds. The standard InChI is InChI=1S/C13H28N2/c1-4-7-12(3)15-13(10-14)9-6-5-8-11(13)2/h11-12,15H,4-10,14H2,1-3H3. The van der Waals surface area contributed by atoms with Gasteiger partial charge in [0, 0.05) is 18.1 Å². The van der Waals surface area contributed by atoms with Crippen molar-refractivity contribution in [3.8, 4) is 0 Å². The van der Waals surface area contributed by atoms with Crippen LogP contribution < -0.4 is 11.1 Å². The second-order valence-corrected chi connectivity index (χ2v) is 5.34. The van der Waals surface area contributed by atoms with E-state index in [2.05, 4.69) is 26.1 Å². The Morgan fingerprint density at radius 1 is 1.47 bits per heavy atom. The topological polar surface area (TPSA) is 38.0 Å². The normalized spacial score (nSPS) is 34.0. The van der Waals surface area contributed by atoms with Crippen molar-refractivity contribution in [1.82, 2.24) is 5.32 Å². The van der Waals surface area contributed by atoms with E-state index in [-0.39, 0.29) is 5.54 Å². The molecule has 0 spiro atoms. The maximum atomic E-state index is 6.01. The molecule has 0 aromatic carbocycles. The van der Waals surface area contributed by atoms with Gasteiger partial charge in [-0.1, -0.05) is 33.1 Å². The molecule has 3 N–H and O–H groups in total. The summed E-state index contributed by atoms with van der Waals surface area (Å²) in [7, 11) is 0. The van der Waals surface area contributed by atoms with Crippen LogP contribution in [0.15, 0.2) is 0 Å². The molecule has 0 saturated heterocycles. The molecule has 3 atom stereocenters. The molecule has 0 aromatic heterocycles. The van der Waals surface area contributed by atoms with Gasteiger partial charge in [0.05, 0.1) is 0 Å². The molecule has 1 aliphatic carbocycles. The molecule has 1 rings (SSSR count). The molecular weight excluding hydrogens is 184 g/mol. The van der Waals surface area contributed by atoms with Crippen LogP contribution >= 0.6 is 0 Å². The molecule has 1 saturated carbocycles. The van der Waals surface area contributed by atoms with Crippen LogP contribution in [0.5, 0.6) is 0 Å². The summed E-state index contributed by atoms with van der Waals surface area (Å²) in [6.45, 7) is 7.69. The van der Waals surface area contributed by atoms with Crippen LogP contribution in [-0.2, 0) is 0 Å². The van der Waals surface area contributed by atoms with Gasteiger partial charge in [-0.15, -0.1) is 0 Å². The van der Waals surface area contributed by atoms with E-state index in [0.717, 1.165) is 12.5 Å². The fraction of sp³-hybridized carbons (Fsp3) is 1.00. The molecule has 15 heavy (non-hydrogen) atoms. The Morgan fingerprint density at radius 3 is 2.73 bits per heavy atom. The van der Waals surface area contributed by atoms with Crippen LogP contribution in [-0.4, -0.2) is 18.1 Å². The minimum Gasteiger partial charge on any atom is -0.329 e. The summed E-state index contributed by atoms with van der Waals surface area (Å²) in [5.41, 5.74) is 6.24. The van der Waals surface area contributed by atoms with E-state index in [4.69, 9.17) is 5.73 Å². The first-order valence-electron chi connectivity index (χ1n) is 6.62. The van der Waals surface area contributed by atoms with Gasteiger partial charge < -0.3 is 11.1 Å². The van der Waals surface area contributed by atoms with E-state index in [1.165, 1.54) is 38.5 Å². The number of hydrogen-bond donors (Lipinski definition) is 2. The van der Waals surface area contributed by atoms with Gasteiger partial charge in [-0.25, -0.2) is 0 Å². The highest BCUT2D eigenvalue weighted by atomic mass is 15.0. The SMILES string of the molecule is CCCC(C)NC1(CN)CCCCC1C. The molecule has 0 aromatic rings. The molecule has 2 heteroatoms. The lowest BCUT2D eigenvalue weighted by Crippen LogP contribution is -2.59. The molecule has 2 nitrogen and oxygen atoms in total. The van der Waals surface area contributed by atoms with Crippen LogP contribution in [0.25, 0.3) is 0 Å². The Hall–Kier alpha value is -0.0800. The molecule has 90 valence electrons. The second kappa shape index (κ2) is 5.86. The van der Waals surface area contributed by atoms with Gasteiger partial charge in [-0.2, -0.15) is 0 Å². The summed E-state index contributed by atoms with van der Waals surface area (Å²) in [6.07, 6.45) is 7.83. The largest absolute Gasteiger partial charge is 0.329 e. The van der Waals surface area contributed by atoms with Crippen molar-refractivity contribution in [3.05, 3.63) is 0 Å². The molecule has 0 bridgehead atoms. The van der Waals surface area contributed by atoms with Crippen molar-refractivity contribution in [2.75, 3.05) is 6.54 Å². The maximum absolute atomic E-state index is 6.01. The van der Waals surface area contributed by atoms with Crippen molar-refractivity contribution in [2.45, 2.75) is 70.9 Å². The Kier molecular flexibility index (Phi) is 5.07. The lowest BCUT2D eigenvalue weighted by Gasteiger charge is -2.44.